The maximum atomic E-state index is 11.6. The molecular weight excluding hydrogens is 444 g/mol. The van der Waals surface area contributed by atoms with Crippen molar-refractivity contribution in [3.63, 3.8) is 0 Å². The predicted octanol–water partition coefficient (Wildman–Crippen LogP) is 1.18. The van der Waals surface area contributed by atoms with E-state index in [4.69, 9.17) is 33.2 Å². The Kier molecular flexibility index (Phi) is 13.6. The Hall–Kier alpha value is -1.70. The minimum absolute atomic E-state index is 0.172. The fourth-order valence-corrected chi connectivity index (χ4v) is 2.99. The quantitative estimate of drug-likeness (QED) is 0.254. The van der Waals surface area contributed by atoms with Crippen LogP contribution >= 0.6 is 0 Å². The van der Waals surface area contributed by atoms with E-state index in [-0.39, 0.29) is 13.2 Å². The monoisotopic (exact) mass is 482 g/mol. The molecule has 0 aromatic heterocycles. The van der Waals surface area contributed by atoms with Gasteiger partial charge in [0.25, 0.3) is 0 Å². The molecule has 0 amide bonds. The molecule has 1 aliphatic carbocycles. The zero-order chi connectivity index (χ0) is 25.0. The predicted molar refractivity (Wildman–Crippen MR) is 112 cm³/mol. The third-order valence-electron chi connectivity index (χ3n) is 5.00. The van der Waals surface area contributed by atoms with Gasteiger partial charge >= 0.3 is 12.3 Å². The molecule has 0 unspecified atom stereocenters. The summed E-state index contributed by atoms with van der Waals surface area (Å²) in [5.74, 6) is 0.689. The van der Waals surface area contributed by atoms with E-state index in [0.717, 1.165) is 0 Å². The number of hydrogen-bond acceptors (Lipinski definition) is 12. The summed E-state index contributed by atoms with van der Waals surface area (Å²) in [6.45, 7) is 6.98. The minimum Gasteiger partial charge on any atom is -0.434 e. The number of ether oxygens (including phenoxy) is 7. The summed E-state index contributed by atoms with van der Waals surface area (Å²) in [6.07, 6.45) is -9.01. The number of carbonyl (C=O) groups is 2. The second-order valence-electron chi connectivity index (χ2n) is 8.52. The molecule has 1 fully saturated rings. The van der Waals surface area contributed by atoms with Gasteiger partial charge in [0.15, 0.2) is 13.6 Å². The van der Waals surface area contributed by atoms with Crippen molar-refractivity contribution in [1.29, 1.82) is 0 Å². The van der Waals surface area contributed by atoms with Crippen molar-refractivity contribution in [3.05, 3.63) is 0 Å². The molecule has 0 heterocycles. The number of aliphatic hydroxyl groups is 3. The van der Waals surface area contributed by atoms with E-state index >= 15 is 0 Å². The highest BCUT2D eigenvalue weighted by Gasteiger charge is 2.51. The van der Waals surface area contributed by atoms with Crippen molar-refractivity contribution in [1.82, 2.24) is 0 Å². The molecule has 0 aromatic rings. The van der Waals surface area contributed by atoms with Gasteiger partial charge in [0, 0.05) is 7.11 Å². The zero-order valence-electron chi connectivity index (χ0n) is 19.9. The Morgan fingerprint density at radius 3 is 1.45 bits per heavy atom. The van der Waals surface area contributed by atoms with Gasteiger partial charge in [-0.15, -0.1) is 0 Å². The van der Waals surface area contributed by atoms with Crippen LogP contribution in [-0.4, -0.2) is 98.2 Å². The summed E-state index contributed by atoms with van der Waals surface area (Å²) in [7, 11) is 1.24. The Labute approximate surface area is 194 Å². The largest absolute Gasteiger partial charge is 0.510 e. The average Bonchev–Trinajstić information content (AvgIpc) is 2.73. The second-order valence-corrected chi connectivity index (χ2v) is 8.52. The van der Waals surface area contributed by atoms with Gasteiger partial charge in [-0.05, 0) is 24.7 Å². The molecule has 12 heteroatoms. The van der Waals surface area contributed by atoms with Gasteiger partial charge in [-0.2, -0.15) is 0 Å². The number of hydrogen-bond donors (Lipinski definition) is 3. The Morgan fingerprint density at radius 2 is 1.06 bits per heavy atom. The lowest BCUT2D eigenvalue weighted by Gasteiger charge is -2.44. The number of rotatable bonds is 13. The van der Waals surface area contributed by atoms with E-state index < -0.39 is 62.5 Å². The molecule has 0 spiro atoms. The van der Waals surface area contributed by atoms with Crippen LogP contribution < -0.4 is 0 Å². The molecule has 3 N–H and O–H groups in total. The highest BCUT2D eigenvalue weighted by atomic mass is 16.8. The Morgan fingerprint density at radius 1 is 0.667 bits per heavy atom. The van der Waals surface area contributed by atoms with Crippen molar-refractivity contribution in [2.45, 2.75) is 77.2 Å². The van der Waals surface area contributed by atoms with Crippen LogP contribution in [0.3, 0.4) is 0 Å². The first-order valence-corrected chi connectivity index (χ1v) is 11.0. The number of carbonyl (C=O) groups excluding carboxylic acids is 2. The van der Waals surface area contributed by atoms with Gasteiger partial charge in [0.2, 0.25) is 0 Å². The van der Waals surface area contributed by atoms with Gasteiger partial charge in [0.1, 0.15) is 36.6 Å². The zero-order valence-corrected chi connectivity index (χ0v) is 19.9. The maximum absolute atomic E-state index is 11.6. The van der Waals surface area contributed by atoms with Crippen LogP contribution in [-0.2, 0) is 33.2 Å². The molecule has 0 aliphatic heterocycles. The normalized spacial score (nSPS) is 27.5. The summed E-state index contributed by atoms with van der Waals surface area (Å²) < 4.78 is 35.2. The van der Waals surface area contributed by atoms with Crippen LogP contribution in [0.1, 0.15) is 40.5 Å². The summed E-state index contributed by atoms with van der Waals surface area (Å²) in [5, 5.41) is 31.2. The first-order chi connectivity index (χ1) is 15.6. The van der Waals surface area contributed by atoms with Gasteiger partial charge in [-0.25, -0.2) is 9.59 Å². The number of methoxy groups -OCH3 is 1. The first kappa shape index (κ1) is 29.3. The van der Waals surface area contributed by atoms with E-state index in [0.29, 0.717) is 24.7 Å². The number of aliphatic hydroxyl groups excluding tert-OH is 3. The lowest BCUT2D eigenvalue weighted by Crippen LogP contribution is -2.65. The van der Waals surface area contributed by atoms with Crippen molar-refractivity contribution < 1.29 is 58.1 Å². The van der Waals surface area contributed by atoms with E-state index in [1.807, 2.05) is 27.7 Å². The van der Waals surface area contributed by atoms with Crippen LogP contribution in [0.5, 0.6) is 0 Å². The molecule has 6 atom stereocenters. The molecule has 0 saturated heterocycles. The average molecular weight is 483 g/mol. The molecule has 0 bridgehead atoms. The summed E-state index contributed by atoms with van der Waals surface area (Å²) >= 11 is 0. The minimum atomic E-state index is -1.57. The van der Waals surface area contributed by atoms with Crippen LogP contribution in [0.4, 0.5) is 9.59 Å². The molecule has 194 valence electrons. The summed E-state index contributed by atoms with van der Waals surface area (Å²) in [6, 6.07) is 0. The van der Waals surface area contributed by atoms with Crippen molar-refractivity contribution in [3.8, 4) is 0 Å². The van der Waals surface area contributed by atoms with E-state index in [1.165, 1.54) is 7.11 Å². The van der Waals surface area contributed by atoms with Crippen molar-refractivity contribution >= 4 is 12.3 Å². The van der Waals surface area contributed by atoms with Crippen LogP contribution in [0, 0.1) is 11.8 Å². The topological polar surface area (TPSA) is 159 Å². The SMILES string of the molecule is CO[C@H]1[C@H](O)[C@@H](O)[C@@H](OCOC(=O)OCCC(C)C)[C@H](OCOC(=O)OCCC(C)C)[C@@H]1O. The van der Waals surface area contributed by atoms with Gasteiger partial charge in [-0.1, -0.05) is 27.7 Å². The van der Waals surface area contributed by atoms with E-state index in [2.05, 4.69) is 0 Å². The lowest BCUT2D eigenvalue weighted by molar-refractivity contribution is -0.272. The van der Waals surface area contributed by atoms with Gasteiger partial charge in [0.05, 0.1) is 13.2 Å². The third kappa shape index (κ3) is 10.4. The molecule has 1 rings (SSSR count). The van der Waals surface area contributed by atoms with Crippen molar-refractivity contribution in [2.75, 3.05) is 33.9 Å². The molecule has 12 nitrogen and oxygen atoms in total. The first-order valence-electron chi connectivity index (χ1n) is 11.0. The van der Waals surface area contributed by atoms with Crippen molar-refractivity contribution in [2.24, 2.45) is 11.8 Å². The van der Waals surface area contributed by atoms with Crippen LogP contribution in [0.25, 0.3) is 0 Å². The molecule has 1 saturated carbocycles. The Balaban J connectivity index is 2.61. The molecule has 0 radical (unpaired) electrons. The highest BCUT2D eigenvalue weighted by Crippen LogP contribution is 2.28. The Bertz CT molecular complexity index is 569. The highest BCUT2D eigenvalue weighted by molar-refractivity contribution is 5.59. The van der Waals surface area contributed by atoms with E-state index in [9.17, 15) is 24.9 Å². The fraction of sp³-hybridized carbons (Fsp3) is 0.905. The van der Waals surface area contributed by atoms with Crippen LogP contribution in [0.2, 0.25) is 0 Å². The summed E-state index contributed by atoms with van der Waals surface area (Å²) in [5.41, 5.74) is 0. The lowest BCUT2D eigenvalue weighted by atomic mass is 9.84. The maximum Gasteiger partial charge on any atom is 0.510 e. The fourth-order valence-electron chi connectivity index (χ4n) is 2.99. The van der Waals surface area contributed by atoms with Gasteiger partial charge < -0.3 is 48.5 Å². The molecule has 33 heavy (non-hydrogen) atoms. The van der Waals surface area contributed by atoms with Gasteiger partial charge in [-0.3, -0.25) is 0 Å². The molecule has 0 aromatic carbocycles. The smallest absolute Gasteiger partial charge is 0.434 e. The van der Waals surface area contributed by atoms with Crippen LogP contribution in [0.15, 0.2) is 0 Å². The standard InChI is InChI=1S/C21H38O12/c1-12(2)6-8-28-20(25)32-10-30-18-15(23)14(22)17(27-5)16(24)19(18)31-11-33-21(26)29-9-7-13(3)4/h12-19,22-24H,6-11H2,1-5H3/t14-,15-,16-,17+,18-,19-/m1/s1. The second kappa shape index (κ2) is 15.3. The third-order valence-corrected chi connectivity index (χ3v) is 5.00. The molecule has 1 aliphatic rings. The van der Waals surface area contributed by atoms with E-state index in [1.54, 1.807) is 0 Å². The molecular formula is C21H38O12. The summed E-state index contributed by atoms with van der Waals surface area (Å²) in [4.78, 5) is 23.3.